The Hall–Kier alpha value is -3.87. The third kappa shape index (κ3) is 10.6. The van der Waals surface area contributed by atoms with Crippen molar-refractivity contribution in [2.45, 2.75) is 26.7 Å². The SMILES string of the molecule is CCc1ccc(N(C(=O)CCl)c2c(F)c(F)cc(F)c2F)cc1.CCc1ccc(Nc2c(F)c(F)cc(F)c2F)cc1.O=C(Cl)CCl. The molecule has 0 aromatic heterocycles. The van der Waals surface area contributed by atoms with Crippen molar-refractivity contribution in [3.8, 4) is 0 Å². The van der Waals surface area contributed by atoms with Crippen LogP contribution in [0.3, 0.4) is 0 Å². The molecule has 0 fully saturated rings. The van der Waals surface area contributed by atoms with Crippen molar-refractivity contribution in [1.29, 1.82) is 0 Å². The first kappa shape index (κ1) is 39.3. The molecule has 15 heteroatoms. The van der Waals surface area contributed by atoms with Crippen molar-refractivity contribution in [2.24, 2.45) is 0 Å². The first-order valence-corrected chi connectivity index (χ1v) is 14.9. The topological polar surface area (TPSA) is 49.4 Å². The summed E-state index contributed by atoms with van der Waals surface area (Å²) in [5.74, 6) is -13.9. The van der Waals surface area contributed by atoms with Gasteiger partial charge in [0.05, 0.1) is 5.88 Å². The molecule has 0 heterocycles. The monoisotopic (exact) mass is 726 g/mol. The van der Waals surface area contributed by atoms with Gasteiger partial charge < -0.3 is 5.32 Å². The maximum atomic E-state index is 14.0. The summed E-state index contributed by atoms with van der Waals surface area (Å²) in [6.45, 7) is 3.86. The number of hydrogen-bond donors (Lipinski definition) is 1. The second-order valence-electron chi connectivity index (χ2n) is 9.21. The Morgan fingerprint density at radius 1 is 0.638 bits per heavy atom. The number of anilines is 4. The molecule has 0 saturated carbocycles. The molecule has 0 saturated heterocycles. The molecule has 1 N–H and O–H groups in total. The molecule has 0 unspecified atom stereocenters. The van der Waals surface area contributed by atoms with Crippen LogP contribution >= 0.6 is 34.8 Å². The zero-order valence-corrected chi connectivity index (χ0v) is 26.8. The lowest BCUT2D eigenvalue weighted by Crippen LogP contribution is -2.29. The first-order chi connectivity index (χ1) is 22.2. The molecule has 4 rings (SSSR count). The van der Waals surface area contributed by atoms with E-state index in [0.29, 0.717) is 17.0 Å². The molecular weight excluding hydrogens is 703 g/mol. The number of halogens is 11. The van der Waals surface area contributed by atoms with Crippen LogP contribution in [0, 0.1) is 46.5 Å². The molecule has 0 aliphatic carbocycles. The van der Waals surface area contributed by atoms with E-state index in [-0.39, 0.29) is 23.7 Å². The lowest BCUT2D eigenvalue weighted by atomic mass is 10.1. The fourth-order valence-electron chi connectivity index (χ4n) is 3.75. The van der Waals surface area contributed by atoms with Crippen molar-refractivity contribution < 1.29 is 44.7 Å². The number of aryl methyl sites for hydroxylation is 2. The third-order valence-corrected chi connectivity index (χ3v) is 6.87. The second kappa shape index (κ2) is 18.5. The van der Waals surface area contributed by atoms with E-state index < -0.39 is 74.9 Å². The Morgan fingerprint density at radius 2 is 1.02 bits per heavy atom. The van der Waals surface area contributed by atoms with E-state index in [1.165, 1.54) is 12.1 Å². The molecule has 4 nitrogen and oxygen atoms in total. The quantitative estimate of drug-likeness (QED) is 0.0851. The zero-order valence-electron chi connectivity index (χ0n) is 24.5. The van der Waals surface area contributed by atoms with Gasteiger partial charge in [-0.2, -0.15) is 0 Å². The van der Waals surface area contributed by atoms with E-state index in [1.807, 2.05) is 13.8 Å². The highest BCUT2D eigenvalue weighted by molar-refractivity contribution is 6.67. The van der Waals surface area contributed by atoms with E-state index in [4.69, 9.17) is 34.8 Å². The second-order valence-corrected chi connectivity index (χ2v) is 10.2. The minimum Gasteiger partial charge on any atom is -0.351 e. The molecule has 4 aromatic rings. The summed E-state index contributed by atoms with van der Waals surface area (Å²) >= 11 is 15.0. The van der Waals surface area contributed by atoms with Crippen LogP contribution in [0.5, 0.6) is 0 Å². The fourth-order valence-corrected chi connectivity index (χ4v) is 3.87. The molecule has 0 spiro atoms. The van der Waals surface area contributed by atoms with Crippen LogP contribution in [0.25, 0.3) is 0 Å². The van der Waals surface area contributed by atoms with Gasteiger partial charge >= 0.3 is 0 Å². The lowest BCUT2D eigenvalue weighted by Gasteiger charge is -2.23. The van der Waals surface area contributed by atoms with E-state index in [2.05, 4.69) is 5.32 Å². The number of benzene rings is 4. The van der Waals surface area contributed by atoms with Crippen molar-refractivity contribution in [3.05, 3.63) is 118 Å². The Morgan fingerprint density at radius 3 is 1.38 bits per heavy atom. The average Bonchev–Trinajstić information content (AvgIpc) is 3.07. The molecule has 0 aliphatic rings. The van der Waals surface area contributed by atoms with Crippen LogP contribution < -0.4 is 10.2 Å². The number of nitrogens with one attached hydrogen (secondary N) is 1. The number of nitrogens with zero attached hydrogens (tertiary/aromatic N) is 1. The van der Waals surface area contributed by atoms with Crippen molar-refractivity contribution in [3.63, 3.8) is 0 Å². The van der Waals surface area contributed by atoms with Gasteiger partial charge in [-0.15, -0.1) is 23.2 Å². The highest BCUT2D eigenvalue weighted by Gasteiger charge is 2.29. The third-order valence-electron chi connectivity index (χ3n) is 6.13. The number of hydrogen-bond acceptors (Lipinski definition) is 3. The predicted octanol–water partition coefficient (Wildman–Crippen LogP) is 10.2. The Kier molecular flexibility index (Phi) is 15.4. The Bertz CT molecular complexity index is 1640. The highest BCUT2D eigenvalue weighted by Crippen LogP contribution is 2.34. The minimum atomic E-state index is -1.66. The van der Waals surface area contributed by atoms with Gasteiger partial charge in [0.2, 0.25) is 11.1 Å². The number of carbonyl (C=O) groups excluding carboxylic acids is 2. The van der Waals surface area contributed by atoms with Gasteiger partial charge in [-0.3, -0.25) is 14.5 Å². The molecule has 252 valence electrons. The first-order valence-electron chi connectivity index (χ1n) is 13.4. The smallest absolute Gasteiger partial charge is 0.246 e. The van der Waals surface area contributed by atoms with Gasteiger partial charge in [-0.25, -0.2) is 35.1 Å². The number of rotatable bonds is 8. The summed E-state index contributed by atoms with van der Waals surface area (Å²) in [7, 11) is 0. The van der Waals surface area contributed by atoms with Gasteiger partial charge in [0.15, 0.2) is 46.5 Å². The number of carbonyl (C=O) groups is 2. The van der Waals surface area contributed by atoms with Gasteiger partial charge in [0, 0.05) is 23.5 Å². The summed E-state index contributed by atoms with van der Waals surface area (Å²) in [4.78, 5) is 22.0. The molecule has 47 heavy (non-hydrogen) atoms. The molecule has 1 amide bonds. The standard InChI is InChI=1S/C16H12ClF4NO.C14H11F4N.C2H2Cl2O/c1-2-9-3-5-10(6-4-9)22(13(23)8-17)16-14(20)11(18)7-12(19)15(16)21;1-2-8-3-5-9(6-4-8)19-14-12(17)10(15)7-11(16)13(14)18;3-1-2(4)5/h3-7H,2,8H2,1H3;3-7,19H,2H2,1H3;1H2. The maximum absolute atomic E-state index is 14.0. The molecular formula is C32H25Cl3F8N2O2. The summed E-state index contributed by atoms with van der Waals surface area (Å²) < 4.78 is 108. The lowest BCUT2D eigenvalue weighted by molar-refractivity contribution is -0.115. The molecule has 0 atom stereocenters. The molecule has 0 bridgehead atoms. The zero-order chi connectivity index (χ0) is 35.4. The van der Waals surface area contributed by atoms with Crippen LogP contribution in [0.1, 0.15) is 25.0 Å². The summed E-state index contributed by atoms with van der Waals surface area (Å²) in [6.07, 6.45) is 1.53. The normalized spacial score (nSPS) is 10.3. The Labute approximate surface area is 279 Å². The fraction of sp³-hybridized carbons (Fsp3) is 0.188. The largest absolute Gasteiger partial charge is 0.351 e. The van der Waals surface area contributed by atoms with Crippen LogP contribution in [0.15, 0.2) is 60.7 Å². The summed E-state index contributed by atoms with van der Waals surface area (Å²) in [5.41, 5.74) is 0.394. The van der Waals surface area contributed by atoms with Crippen LogP contribution in [0.4, 0.5) is 57.9 Å². The van der Waals surface area contributed by atoms with Gasteiger partial charge in [0.25, 0.3) is 0 Å². The van der Waals surface area contributed by atoms with Crippen LogP contribution in [0.2, 0.25) is 0 Å². The molecule has 0 radical (unpaired) electrons. The predicted molar refractivity (Wildman–Crippen MR) is 167 cm³/mol. The van der Waals surface area contributed by atoms with Gasteiger partial charge in [-0.1, -0.05) is 38.1 Å². The number of amides is 1. The highest BCUT2D eigenvalue weighted by atomic mass is 35.5. The van der Waals surface area contributed by atoms with E-state index in [0.717, 1.165) is 17.5 Å². The van der Waals surface area contributed by atoms with E-state index in [1.54, 1.807) is 36.4 Å². The van der Waals surface area contributed by atoms with Gasteiger partial charge in [-0.05, 0) is 59.8 Å². The molecule has 0 aliphatic heterocycles. The van der Waals surface area contributed by atoms with Crippen molar-refractivity contribution in [1.82, 2.24) is 0 Å². The molecule has 4 aromatic carbocycles. The average molecular weight is 728 g/mol. The minimum absolute atomic E-state index is 0.0515. The Balaban J connectivity index is 0.000000290. The number of alkyl halides is 2. The summed E-state index contributed by atoms with van der Waals surface area (Å²) in [6, 6.07) is 13.1. The van der Waals surface area contributed by atoms with Crippen molar-refractivity contribution >= 4 is 68.7 Å². The van der Waals surface area contributed by atoms with Crippen LogP contribution in [-0.2, 0) is 22.4 Å². The van der Waals surface area contributed by atoms with E-state index in [9.17, 15) is 44.7 Å². The van der Waals surface area contributed by atoms with Gasteiger partial charge in [0.1, 0.15) is 17.3 Å². The maximum Gasteiger partial charge on any atom is 0.246 e. The summed E-state index contributed by atoms with van der Waals surface area (Å²) in [5, 5.41) is 1.84. The van der Waals surface area contributed by atoms with Crippen LogP contribution in [-0.4, -0.2) is 22.9 Å². The van der Waals surface area contributed by atoms with Crippen molar-refractivity contribution in [2.75, 3.05) is 22.0 Å². The van der Waals surface area contributed by atoms with E-state index >= 15 is 0 Å².